The second-order valence-electron chi connectivity index (χ2n) is 3.83. The number of rotatable bonds is 1. The van der Waals surface area contributed by atoms with Crippen LogP contribution in [0.15, 0.2) is 24.3 Å². The van der Waals surface area contributed by atoms with Gasteiger partial charge in [-0.05, 0) is 29.9 Å². The van der Waals surface area contributed by atoms with E-state index in [-0.39, 0.29) is 0 Å². The van der Waals surface area contributed by atoms with Crippen LogP contribution in [-0.2, 0) is 4.74 Å². The van der Waals surface area contributed by atoms with Crippen LogP contribution in [0.2, 0.25) is 0 Å². The zero-order chi connectivity index (χ0) is 9.26. The Morgan fingerprint density at radius 3 is 2.54 bits per heavy atom. The fourth-order valence-electron chi connectivity index (χ4n) is 2.21. The number of benzene rings is 1. The lowest BCUT2D eigenvalue weighted by Crippen LogP contribution is -2.13. The van der Waals surface area contributed by atoms with Crippen molar-refractivity contribution in [1.29, 1.82) is 0 Å². The molecule has 2 atom stereocenters. The van der Waals surface area contributed by atoms with Gasteiger partial charge >= 0.3 is 0 Å². The first-order valence-electron chi connectivity index (χ1n) is 4.94. The molecule has 0 aromatic heterocycles. The predicted molar refractivity (Wildman–Crippen MR) is 53.8 cm³/mol. The van der Waals surface area contributed by atoms with Gasteiger partial charge in [0.15, 0.2) is 0 Å². The Labute approximate surface area is 79.7 Å². The molecule has 1 nitrogen and oxygen atoms in total. The van der Waals surface area contributed by atoms with Crippen LogP contribution in [0.5, 0.6) is 0 Å². The van der Waals surface area contributed by atoms with Crippen LogP contribution >= 0.6 is 0 Å². The van der Waals surface area contributed by atoms with Crippen LogP contribution in [0.1, 0.15) is 42.9 Å². The van der Waals surface area contributed by atoms with Gasteiger partial charge in [-0.3, -0.25) is 0 Å². The van der Waals surface area contributed by atoms with E-state index < -0.39 is 0 Å². The molecule has 13 heavy (non-hydrogen) atoms. The number of hydrogen-bond donors (Lipinski definition) is 0. The Kier molecular flexibility index (Phi) is 2.36. The van der Waals surface area contributed by atoms with Crippen LogP contribution in [0.25, 0.3) is 0 Å². The molecule has 0 bridgehead atoms. The lowest BCUT2D eigenvalue weighted by Gasteiger charge is -2.28. The summed E-state index contributed by atoms with van der Waals surface area (Å²) in [6.07, 6.45) is 2.73. The maximum Gasteiger partial charge on any atom is 0.0824 e. The number of methoxy groups -OCH3 is 1. The number of fused-ring (bicyclic) bond motifs is 1. The molecule has 0 heterocycles. The molecule has 0 saturated heterocycles. The predicted octanol–water partition coefficient (Wildman–Crippen LogP) is 3.27. The molecule has 1 aliphatic carbocycles. The normalized spacial score (nSPS) is 26.9. The third-order valence-electron chi connectivity index (χ3n) is 3.02. The van der Waals surface area contributed by atoms with E-state index in [1.165, 1.54) is 17.5 Å². The van der Waals surface area contributed by atoms with Crippen LogP contribution in [0.4, 0.5) is 0 Å². The maximum atomic E-state index is 5.47. The molecule has 1 aliphatic rings. The molecule has 0 N–H and O–H groups in total. The van der Waals surface area contributed by atoms with Crippen molar-refractivity contribution in [2.45, 2.75) is 31.8 Å². The molecular formula is C12H16O. The summed E-state index contributed by atoms with van der Waals surface area (Å²) in [5.74, 6) is 0.697. The summed E-state index contributed by atoms with van der Waals surface area (Å²) in [4.78, 5) is 0. The second-order valence-corrected chi connectivity index (χ2v) is 3.83. The summed E-state index contributed by atoms with van der Waals surface area (Å²) < 4.78 is 5.47. The molecule has 0 saturated carbocycles. The van der Waals surface area contributed by atoms with Crippen LogP contribution in [-0.4, -0.2) is 7.11 Å². The van der Waals surface area contributed by atoms with Crippen molar-refractivity contribution in [2.24, 2.45) is 0 Å². The number of ether oxygens (including phenoxy) is 1. The topological polar surface area (TPSA) is 9.23 Å². The SMILES string of the molecule is CO[C@H]1CC[C@H](C)c2ccccc21. The molecule has 0 spiro atoms. The van der Waals surface area contributed by atoms with Gasteiger partial charge in [0.1, 0.15) is 0 Å². The van der Waals surface area contributed by atoms with Gasteiger partial charge in [0, 0.05) is 7.11 Å². The van der Waals surface area contributed by atoms with Gasteiger partial charge in [-0.2, -0.15) is 0 Å². The van der Waals surface area contributed by atoms with E-state index in [4.69, 9.17) is 4.74 Å². The van der Waals surface area contributed by atoms with Gasteiger partial charge in [0.2, 0.25) is 0 Å². The Morgan fingerprint density at radius 1 is 1.15 bits per heavy atom. The van der Waals surface area contributed by atoms with Gasteiger partial charge in [0.25, 0.3) is 0 Å². The van der Waals surface area contributed by atoms with Crippen LogP contribution in [0, 0.1) is 0 Å². The highest BCUT2D eigenvalue weighted by atomic mass is 16.5. The minimum atomic E-state index is 0.326. The molecule has 0 unspecified atom stereocenters. The summed E-state index contributed by atoms with van der Waals surface area (Å²) in [7, 11) is 1.80. The van der Waals surface area contributed by atoms with Crippen LogP contribution in [0.3, 0.4) is 0 Å². The molecule has 2 rings (SSSR count). The Balaban J connectivity index is 2.42. The Hall–Kier alpha value is -0.820. The Morgan fingerprint density at radius 2 is 1.85 bits per heavy atom. The lowest BCUT2D eigenvalue weighted by atomic mass is 9.82. The first-order valence-corrected chi connectivity index (χ1v) is 4.94. The highest BCUT2D eigenvalue weighted by Gasteiger charge is 2.23. The van der Waals surface area contributed by atoms with Crippen molar-refractivity contribution in [3.63, 3.8) is 0 Å². The van der Waals surface area contributed by atoms with E-state index in [9.17, 15) is 0 Å². The summed E-state index contributed by atoms with van der Waals surface area (Å²) >= 11 is 0. The highest BCUT2D eigenvalue weighted by molar-refractivity contribution is 5.33. The van der Waals surface area contributed by atoms with Crippen LogP contribution < -0.4 is 0 Å². The minimum Gasteiger partial charge on any atom is -0.377 e. The molecule has 70 valence electrons. The molecule has 0 aliphatic heterocycles. The van der Waals surface area contributed by atoms with Crippen molar-refractivity contribution >= 4 is 0 Å². The molecule has 1 heteroatoms. The largest absolute Gasteiger partial charge is 0.377 e. The first-order chi connectivity index (χ1) is 6.33. The van der Waals surface area contributed by atoms with Gasteiger partial charge in [-0.1, -0.05) is 31.2 Å². The summed E-state index contributed by atoms with van der Waals surface area (Å²) in [6, 6.07) is 8.64. The Bertz CT molecular complexity index is 293. The summed E-state index contributed by atoms with van der Waals surface area (Å²) in [5, 5.41) is 0. The fourth-order valence-corrected chi connectivity index (χ4v) is 2.21. The molecule has 1 aromatic carbocycles. The third kappa shape index (κ3) is 1.49. The molecule has 0 radical (unpaired) electrons. The van der Waals surface area contributed by atoms with E-state index in [0.717, 1.165) is 6.42 Å². The first kappa shape index (κ1) is 8.76. The third-order valence-corrected chi connectivity index (χ3v) is 3.02. The molecule has 0 amide bonds. The van der Waals surface area contributed by atoms with Crippen molar-refractivity contribution in [1.82, 2.24) is 0 Å². The van der Waals surface area contributed by atoms with Crippen molar-refractivity contribution in [3.05, 3.63) is 35.4 Å². The average molecular weight is 176 g/mol. The molecule has 0 fully saturated rings. The maximum absolute atomic E-state index is 5.47. The second kappa shape index (κ2) is 3.51. The van der Waals surface area contributed by atoms with E-state index in [1.54, 1.807) is 7.11 Å². The molecular weight excluding hydrogens is 160 g/mol. The van der Waals surface area contributed by atoms with Crippen molar-refractivity contribution in [2.75, 3.05) is 7.11 Å². The smallest absolute Gasteiger partial charge is 0.0824 e. The zero-order valence-electron chi connectivity index (χ0n) is 8.29. The zero-order valence-corrected chi connectivity index (χ0v) is 8.29. The average Bonchev–Trinajstić information content (AvgIpc) is 2.19. The fraction of sp³-hybridized carbons (Fsp3) is 0.500. The summed E-state index contributed by atoms with van der Waals surface area (Å²) in [6.45, 7) is 2.30. The highest BCUT2D eigenvalue weighted by Crippen LogP contribution is 2.38. The summed E-state index contributed by atoms with van der Waals surface area (Å²) in [5.41, 5.74) is 2.87. The van der Waals surface area contributed by atoms with Gasteiger partial charge < -0.3 is 4.74 Å². The lowest BCUT2D eigenvalue weighted by molar-refractivity contribution is 0.0850. The van der Waals surface area contributed by atoms with Crippen molar-refractivity contribution < 1.29 is 4.74 Å². The van der Waals surface area contributed by atoms with Gasteiger partial charge in [0.05, 0.1) is 6.10 Å². The minimum absolute atomic E-state index is 0.326. The monoisotopic (exact) mass is 176 g/mol. The van der Waals surface area contributed by atoms with Crippen molar-refractivity contribution in [3.8, 4) is 0 Å². The van der Waals surface area contributed by atoms with E-state index in [2.05, 4.69) is 31.2 Å². The van der Waals surface area contributed by atoms with E-state index in [1.807, 2.05) is 0 Å². The van der Waals surface area contributed by atoms with Gasteiger partial charge in [-0.15, -0.1) is 0 Å². The van der Waals surface area contributed by atoms with E-state index in [0.29, 0.717) is 12.0 Å². The number of hydrogen-bond acceptors (Lipinski definition) is 1. The van der Waals surface area contributed by atoms with E-state index >= 15 is 0 Å². The standard InChI is InChI=1S/C12H16O/c1-9-7-8-12(13-2)11-6-4-3-5-10(9)11/h3-6,9,12H,7-8H2,1-2H3/t9-,12-/m0/s1. The van der Waals surface area contributed by atoms with Gasteiger partial charge in [-0.25, -0.2) is 0 Å². The quantitative estimate of drug-likeness (QED) is 0.638. The molecule has 1 aromatic rings.